The van der Waals surface area contributed by atoms with Crippen molar-refractivity contribution >= 4 is 35.0 Å². The summed E-state index contributed by atoms with van der Waals surface area (Å²) in [6.45, 7) is 4.17. The summed E-state index contributed by atoms with van der Waals surface area (Å²) in [5.74, 6) is -2.74. The molecule has 2 aromatic rings. The van der Waals surface area contributed by atoms with Gasteiger partial charge in [0.25, 0.3) is 5.91 Å². The molecular weight excluding hydrogens is 530 g/mol. The van der Waals surface area contributed by atoms with Gasteiger partial charge in [-0.25, -0.2) is 0 Å². The molecule has 0 bridgehead atoms. The zero-order chi connectivity index (χ0) is 28.2. The van der Waals surface area contributed by atoms with Gasteiger partial charge in [0.05, 0.1) is 40.8 Å². The van der Waals surface area contributed by atoms with Crippen LogP contribution >= 0.6 is 11.6 Å². The zero-order valence-corrected chi connectivity index (χ0v) is 23.2. The first-order chi connectivity index (χ1) is 19.2. The van der Waals surface area contributed by atoms with E-state index in [1.165, 1.54) is 4.90 Å². The number of carbonyl (C=O) groups is 3. The fourth-order valence-corrected chi connectivity index (χ4v) is 7.14. The summed E-state index contributed by atoms with van der Waals surface area (Å²) in [5.41, 5.74) is -1.01. The maximum atomic E-state index is 14.4. The number of benzene rings is 2. The van der Waals surface area contributed by atoms with Gasteiger partial charge in [-0.15, -0.1) is 0 Å². The van der Waals surface area contributed by atoms with Gasteiger partial charge in [0.15, 0.2) is 0 Å². The molecule has 8 nitrogen and oxygen atoms in total. The van der Waals surface area contributed by atoms with Gasteiger partial charge in [-0.05, 0) is 31.5 Å². The van der Waals surface area contributed by atoms with E-state index in [0.29, 0.717) is 23.8 Å². The van der Waals surface area contributed by atoms with E-state index in [-0.39, 0.29) is 30.9 Å². The van der Waals surface area contributed by atoms with Crippen LogP contribution in [0.5, 0.6) is 0 Å². The minimum Gasteiger partial charge on any atom is -0.394 e. The lowest BCUT2D eigenvalue weighted by Gasteiger charge is -2.39. The Kier molecular flexibility index (Phi) is 6.60. The molecule has 3 amide bonds. The number of halogens is 1. The smallest absolute Gasteiger partial charge is 0.253 e. The average molecular weight is 562 g/mol. The fraction of sp³-hybridized carbons (Fsp3) is 0.387. The van der Waals surface area contributed by atoms with Crippen LogP contribution in [0.3, 0.4) is 0 Å². The van der Waals surface area contributed by atoms with Crippen molar-refractivity contribution in [2.75, 3.05) is 24.6 Å². The summed E-state index contributed by atoms with van der Waals surface area (Å²) < 4.78 is 6.83. The molecule has 0 aromatic heterocycles. The quantitative estimate of drug-likeness (QED) is 0.566. The minimum absolute atomic E-state index is 0.197. The zero-order valence-electron chi connectivity index (χ0n) is 22.4. The largest absolute Gasteiger partial charge is 0.394 e. The maximum Gasteiger partial charge on any atom is 0.253 e. The number of hydrogen-bond donors (Lipinski definition) is 1. The maximum absolute atomic E-state index is 14.4. The Morgan fingerprint density at radius 1 is 0.950 bits per heavy atom. The molecule has 1 unspecified atom stereocenters. The number of aliphatic hydroxyl groups excluding tert-OH is 1. The number of carbonyl (C=O) groups excluding carboxylic acids is 3. The highest BCUT2D eigenvalue weighted by Crippen LogP contribution is 2.58. The number of fused-ring (bicyclic) bond motifs is 2. The number of ether oxygens (including phenoxy) is 1. The van der Waals surface area contributed by atoms with Crippen molar-refractivity contribution < 1.29 is 24.2 Å². The highest BCUT2D eigenvalue weighted by molar-refractivity contribution is 6.34. The summed E-state index contributed by atoms with van der Waals surface area (Å²) in [5, 5.41) is 10.6. The summed E-state index contributed by atoms with van der Waals surface area (Å²) in [6, 6.07) is 15.0. The molecule has 0 saturated carbocycles. The Bertz CT molecular complexity index is 1410. The lowest BCUT2D eigenvalue weighted by atomic mass is 9.74. The summed E-state index contributed by atoms with van der Waals surface area (Å²) in [6.07, 6.45) is 7.39. The van der Waals surface area contributed by atoms with Crippen molar-refractivity contribution in [2.45, 2.75) is 43.7 Å². The van der Waals surface area contributed by atoms with Crippen molar-refractivity contribution in [3.05, 3.63) is 89.5 Å². The van der Waals surface area contributed by atoms with Gasteiger partial charge >= 0.3 is 0 Å². The average Bonchev–Trinajstić information content (AvgIpc) is 3.23. The van der Waals surface area contributed by atoms with E-state index in [4.69, 9.17) is 16.3 Å². The van der Waals surface area contributed by atoms with Crippen LogP contribution in [0.1, 0.15) is 19.4 Å². The van der Waals surface area contributed by atoms with Gasteiger partial charge in [-0.3, -0.25) is 14.4 Å². The van der Waals surface area contributed by atoms with Crippen LogP contribution < -0.4 is 4.90 Å². The Morgan fingerprint density at radius 2 is 1.65 bits per heavy atom. The number of hydrogen-bond acceptors (Lipinski definition) is 5. The molecule has 4 aliphatic rings. The van der Waals surface area contributed by atoms with E-state index in [9.17, 15) is 19.5 Å². The van der Waals surface area contributed by atoms with Crippen LogP contribution in [-0.4, -0.2) is 75.6 Å². The molecule has 0 aliphatic carbocycles. The van der Waals surface area contributed by atoms with Gasteiger partial charge in [-0.1, -0.05) is 78.4 Å². The Hall–Kier alpha value is -3.46. The first-order valence-electron chi connectivity index (χ1n) is 13.6. The molecule has 1 N–H and O–H groups in total. The molecule has 208 valence electrons. The van der Waals surface area contributed by atoms with Crippen molar-refractivity contribution in [1.82, 2.24) is 9.80 Å². The standard InChI is InChI=1S/C31H32ClN3O5/c1-20(19-36)35-26-29(39)34(23-13-7-6-12-22(23)32)17-9-15-31(26)25(28(35)38)24-27(37)33(16-8-14-30(24,2)40-31)18-21-10-4-3-5-11-21/h3-15,20,24-26,36H,16-19H2,1-2H3/t20-,24-,25+,26?,30+,31+/m1/s1. The third-order valence-electron chi connectivity index (χ3n) is 8.68. The summed E-state index contributed by atoms with van der Waals surface area (Å²) >= 11 is 6.50. The lowest BCUT2D eigenvalue weighted by Crippen LogP contribution is -2.58. The van der Waals surface area contributed by atoms with Crippen LogP contribution in [0, 0.1) is 11.8 Å². The molecule has 4 heterocycles. The van der Waals surface area contributed by atoms with E-state index in [1.54, 1.807) is 47.1 Å². The van der Waals surface area contributed by atoms with E-state index < -0.39 is 35.1 Å². The Morgan fingerprint density at radius 3 is 2.38 bits per heavy atom. The van der Waals surface area contributed by atoms with Gasteiger partial charge in [-0.2, -0.15) is 0 Å². The van der Waals surface area contributed by atoms with Crippen molar-refractivity contribution in [3.8, 4) is 0 Å². The van der Waals surface area contributed by atoms with Gasteiger partial charge in [0, 0.05) is 19.6 Å². The first-order valence-corrected chi connectivity index (χ1v) is 14.0. The normalized spacial score (nSPS) is 32.0. The first kappa shape index (κ1) is 26.7. The summed E-state index contributed by atoms with van der Waals surface area (Å²) in [4.78, 5) is 47.8. The number of nitrogens with zero attached hydrogens (tertiary/aromatic N) is 3. The number of anilines is 1. The van der Waals surface area contributed by atoms with Crippen LogP contribution in [0.25, 0.3) is 0 Å². The lowest BCUT2D eigenvalue weighted by molar-refractivity contribution is -0.151. The topological polar surface area (TPSA) is 90.4 Å². The highest BCUT2D eigenvalue weighted by atomic mass is 35.5. The Labute approximate surface area is 238 Å². The number of aliphatic hydroxyl groups is 1. The second-order valence-corrected chi connectivity index (χ2v) is 11.6. The van der Waals surface area contributed by atoms with E-state index in [2.05, 4.69) is 0 Å². The molecule has 2 aromatic carbocycles. The van der Waals surface area contributed by atoms with Gasteiger partial charge < -0.3 is 24.5 Å². The minimum atomic E-state index is -1.40. The second kappa shape index (κ2) is 9.87. The molecule has 6 atom stereocenters. The molecule has 40 heavy (non-hydrogen) atoms. The highest BCUT2D eigenvalue weighted by Gasteiger charge is 2.75. The molecule has 0 radical (unpaired) electrons. The van der Waals surface area contributed by atoms with Crippen molar-refractivity contribution in [2.24, 2.45) is 11.8 Å². The fourth-order valence-electron chi connectivity index (χ4n) is 6.91. The van der Waals surface area contributed by atoms with Crippen LogP contribution in [0.2, 0.25) is 5.02 Å². The van der Waals surface area contributed by atoms with E-state index in [1.807, 2.05) is 55.5 Å². The number of likely N-dealkylation sites (tertiary alicyclic amines) is 1. The molecule has 2 saturated heterocycles. The molecule has 2 fully saturated rings. The number of para-hydroxylation sites is 1. The summed E-state index contributed by atoms with van der Waals surface area (Å²) in [7, 11) is 0. The molecule has 6 rings (SSSR count). The second-order valence-electron chi connectivity index (χ2n) is 11.2. The van der Waals surface area contributed by atoms with E-state index in [0.717, 1.165) is 5.56 Å². The van der Waals surface area contributed by atoms with Crippen LogP contribution in [0.15, 0.2) is 78.9 Å². The molecule has 1 spiro atoms. The Balaban J connectivity index is 1.46. The van der Waals surface area contributed by atoms with E-state index >= 15 is 0 Å². The predicted molar refractivity (Wildman–Crippen MR) is 150 cm³/mol. The third-order valence-corrected chi connectivity index (χ3v) is 9.00. The molecular formula is C31H32ClN3O5. The number of amides is 3. The third kappa shape index (κ3) is 3.92. The predicted octanol–water partition coefficient (Wildman–Crippen LogP) is 3.19. The van der Waals surface area contributed by atoms with Gasteiger partial charge in [0.1, 0.15) is 11.6 Å². The SMILES string of the molecule is C[C@H](CO)N1C(=O)[C@@H]2[C@@H]3C(=O)N(Cc4ccccc4)CC=C[C@]3(C)O[C@@]23C=CCN(c2ccccc2Cl)C(=O)C13. The van der Waals surface area contributed by atoms with Crippen molar-refractivity contribution in [3.63, 3.8) is 0 Å². The number of rotatable bonds is 5. The van der Waals surface area contributed by atoms with Crippen molar-refractivity contribution in [1.29, 1.82) is 0 Å². The van der Waals surface area contributed by atoms with Crippen LogP contribution in [0.4, 0.5) is 5.69 Å². The molecule has 9 heteroatoms. The molecule has 4 aliphatic heterocycles. The monoisotopic (exact) mass is 561 g/mol. The van der Waals surface area contributed by atoms with Crippen LogP contribution in [-0.2, 0) is 25.7 Å². The van der Waals surface area contributed by atoms with Gasteiger partial charge in [0.2, 0.25) is 11.8 Å².